The average Bonchev–Trinajstić information content (AvgIpc) is 2.73. The molecule has 0 saturated carbocycles. The number of aliphatic carboxylic acids is 1. The molecule has 0 spiro atoms. The summed E-state index contributed by atoms with van der Waals surface area (Å²) in [6, 6.07) is 7.81. The molecule has 1 amide bonds. The number of hydrogen-bond donors (Lipinski definition) is 6. The summed E-state index contributed by atoms with van der Waals surface area (Å²) < 4.78 is 27.2. The second-order valence-corrected chi connectivity index (χ2v) is 8.73. The zero-order valence-corrected chi connectivity index (χ0v) is 18.9. The Hall–Kier alpha value is -2.35. The predicted molar refractivity (Wildman–Crippen MR) is 115 cm³/mol. The largest absolute Gasteiger partial charge is 0.476 e. The normalized spacial score (nSPS) is 29.3. The summed E-state index contributed by atoms with van der Waals surface area (Å²) in [6.45, 7) is 0.0185. The average molecular weight is 532 g/mol. The van der Waals surface area contributed by atoms with Crippen LogP contribution in [0.3, 0.4) is 0 Å². The predicted octanol–water partition coefficient (Wildman–Crippen LogP) is 0.428. The summed E-state index contributed by atoms with van der Waals surface area (Å²) >= 11 is 3.34. The number of hydrogen-bond acceptors (Lipinski definition) is 8. The molecule has 1 aliphatic rings. The molecule has 0 bridgehead atoms. The number of nitrogens with one attached hydrogen (secondary N) is 1. The minimum atomic E-state index is -3.44. The maximum atomic E-state index is 15.4. The number of amides is 1. The van der Waals surface area contributed by atoms with Gasteiger partial charge in [-0.25, -0.2) is 9.18 Å². The van der Waals surface area contributed by atoms with Gasteiger partial charge in [0.2, 0.25) is 11.8 Å². The molecule has 3 rings (SSSR count). The van der Waals surface area contributed by atoms with Crippen LogP contribution in [0.1, 0.15) is 13.3 Å². The van der Waals surface area contributed by atoms with Crippen LogP contribution >= 0.6 is 15.9 Å². The third-order valence-corrected chi connectivity index (χ3v) is 5.76. The number of carbonyl (C=O) groups is 2. The fourth-order valence-corrected chi connectivity index (χ4v) is 4.08. The van der Waals surface area contributed by atoms with Crippen molar-refractivity contribution in [1.82, 2.24) is 5.32 Å². The molecule has 0 aliphatic carbocycles. The van der Waals surface area contributed by atoms with E-state index in [1.54, 1.807) is 18.2 Å². The zero-order chi connectivity index (χ0) is 24.6. The van der Waals surface area contributed by atoms with Crippen molar-refractivity contribution in [2.75, 3.05) is 6.61 Å². The van der Waals surface area contributed by atoms with Gasteiger partial charge in [0, 0.05) is 11.4 Å². The topological polar surface area (TPSA) is 166 Å². The number of halogens is 2. The van der Waals surface area contributed by atoms with Crippen molar-refractivity contribution < 1.29 is 49.0 Å². The van der Waals surface area contributed by atoms with Crippen molar-refractivity contribution in [3.8, 4) is 5.75 Å². The Balaban J connectivity index is 2.03. The molecule has 1 aliphatic heterocycles. The minimum absolute atomic E-state index is 0.0445. The number of rotatable bonds is 7. The van der Waals surface area contributed by atoms with Crippen molar-refractivity contribution in [2.45, 2.75) is 49.3 Å². The van der Waals surface area contributed by atoms with Gasteiger partial charge in [-0.3, -0.25) is 4.79 Å². The lowest BCUT2D eigenvalue weighted by Gasteiger charge is -2.48. The van der Waals surface area contributed by atoms with Gasteiger partial charge in [0.05, 0.1) is 13.0 Å². The number of carboxylic acid groups (broad SMARTS) is 1. The van der Waals surface area contributed by atoms with Crippen LogP contribution in [-0.4, -0.2) is 80.0 Å². The molecule has 12 heteroatoms. The van der Waals surface area contributed by atoms with Crippen LogP contribution in [0.25, 0.3) is 10.8 Å². The highest BCUT2D eigenvalue weighted by Crippen LogP contribution is 2.41. The van der Waals surface area contributed by atoms with E-state index in [-0.39, 0.29) is 5.75 Å². The monoisotopic (exact) mass is 531 g/mol. The lowest BCUT2D eigenvalue weighted by atomic mass is 9.86. The molecular formula is C21H23BrFNO9. The number of aliphatic hydroxyl groups is 4. The molecule has 2 aromatic rings. The fourth-order valence-electron chi connectivity index (χ4n) is 3.70. The Labute approximate surface area is 195 Å². The van der Waals surface area contributed by atoms with Crippen molar-refractivity contribution in [2.24, 2.45) is 0 Å². The summed E-state index contributed by atoms with van der Waals surface area (Å²) in [4.78, 5) is 23.8. The Kier molecular flexibility index (Phi) is 7.27. The van der Waals surface area contributed by atoms with E-state index in [0.29, 0.717) is 5.39 Å². The molecule has 33 heavy (non-hydrogen) atoms. The molecule has 1 fully saturated rings. The first-order chi connectivity index (χ1) is 15.4. The molecule has 1 saturated heterocycles. The Morgan fingerprint density at radius 1 is 1.27 bits per heavy atom. The highest BCUT2D eigenvalue weighted by atomic mass is 79.9. The quantitative estimate of drug-likeness (QED) is 0.297. The van der Waals surface area contributed by atoms with Crippen LogP contribution < -0.4 is 10.1 Å². The maximum Gasteiger partial charge on any atom is 0.377 e. The highest BCUT2D eigenvalue weighted by Gasteiger charge is 2.63. The van der Waals surface area contributed by atoms with Crippen molar-refractivity contribution >= 4 is 38.6 Å². The van der Waals surface area contributed by atoms with Gasteiger partial charge in [-0.1, -0.05) is 28.1 Å². The van der Waals surface area contributed by atoms with Gasteiger partial charge >= 0.3 is 11.8 Å². The second-order valence-electron chi connectivity index (χ2n) is 7.81. The number of aliphatic hydroxyl groups excluding tert-OH is 3. The van der Waals surface area contributed by atoms with E-state index >= 15 is 4.39 Å². The SMILES string of the molecule is CC(=O)N[C@H]1[C@H]([C@H](O)[C@H](O)CO)OC(Oc2ccc3cc(Br)ccc3c2)(C(=O)O)C[C@@]1(O)F. The summed E-state index contributed by atoms with van der Waals surface area (Å²) in [6.07, 6.45) is -7.28. The molecular weight excluding hydrogens is 509 g/mol. The van der Waals surface area contributed by atoms with Gasteiger partial charge < -0.3 is 40.3 Å². The van der Waals surface area contributed by atoms with Gasteiger partial charge in [0.25, 0.3) is 0 Å². The number of benzene rings is 2. The van der Waals surface area contributed by atoms with Crippen LogP contribution in [0, 0.1) is 0 Å². The van der Waals surface area contributed by atoms with E-state index < -0.39 is 60.9 Å². The highest BCUT2D eigenvalue weighted by molar-refractivity contribution is 9.10. The van der Waals surface area contributed by atoms with Crippen LogP contribution in [-0.2, 0) is 14.3 Å². The molecule has 180 valence electrons. The smallest absolute Gasteiger partial charge is 0.377 e. The number of carboxylic acids is 1. The first-order valence-electron chi connectivity index (χ1n) is 9.83. The molecule has 2 aromatic carbocycles. The van der Waals surface area contributed by atoms with Crippen molar-refractivity contribution in [3.63, 3.8) is 0 Å². The molecule has 6 N–H and O–H groups in total. The van der Waals surface area contributed by atoms with Gasteiger partial charge in [-0.15, -0.1) is 0 Å². The third-order valence-electron chi connectivity index (χ3n) is 5.27. The van der Waals surface area contributed by atoms with E-state index in [0.717, 1.165) is 16.8 Å². The van der Waals surface area contributed by atoms with Gasteiger partial charge in [0.1, 0.15) is 30.1 Å². The summed E-state index contributed by atoms with van der Waals surface area (Å²) in [7, 11) is 0. The number of carbonyl (C=O) groups excluding carboxylic acids is 1. The first kappa shape index (κ1) is 25.3. The molecule has 1 heterocycles. The lowest BCUT2D eigenvalue weighted by Crippen LogP contribution is -2.72. The molecule has 0 radical (unpaired) electrons. The standard InChI is InChI=1S/C21H23BrFNO9/c1-10(26)24-18-17(16(28)15(27)8-25)33-21(19(29)30,9-20(18,23)31)32-14-5-3-11-6-13(22)4-2-12(11)7-14/h2-7,15-18,25,27-28,31H,8-9H2,1H3,(H,24,26)(H,29,30)/t15-,16-,17+,18+,20+,21?/m1/s1. The van der Waals surface area contributed by atoms with Gasteiger partial charge in [-0.05, 0) is 35.0 Å². The van der Waals surface area contributed by atoms with Gasteiger partial charge in [0.15, 0.2) is 0 Å². The maximum absolute atomic E-state index is 15.4. The third kappa shape index (κ3) is 5.26. The van der Waals surface area contributed by atoms with Crippen LogP contribution in [0.2, 0.25) is 0 Å². The van der Waals surface area contributed by atoms with E-state index in [1.165, 1.54) is 12.1 Å². The summed E-state index contributed by atoms with van der Waals surface area (Å²) in [5.41, 5.74) is 0. The Morgan fingerprint density at radius 3 is 2.52 bits per heavy atom. The van der Waals surface area contributed by atoms with E-state index in [4.69, 9.17) is 14.6 Å². The van der Waals surface area contributed by atoms with E-state index in [1.807, 2.05) is 6.07 Å². The minimum Gasteiger partial charge on any atom is -0.476 e. The molecule has 10 nitrogen and oxygen atoms in total. The van der Waals surface area contributed by atoms with Crippen LogP contribution in [0.15, 0.2) is 40.9 Å². The lowest BCUT2D eigenvalue weighted by molar-refractivity contribution is -0.325. The van der Waals surface area contributed by atoms with E-state index in [9.17, 15) is 30.0 Å². The van der Waals surface area contributed by atoms with Gasteiger partial charge in [-0.2, -0.15) is 0 Å². The summed E-state index contributed by atoms with van der Waals surface area (Å²) in [5.74, 6) is -8.98. The molecule has 6 atom stereocenters. The van der Waals surface area contributed by atoms with Crippen LogP contribution in [0.4, 0.5) is 4.39 Å². The van der Waals surface area contributed by atoms with Crippen LogP contribution in [0.5, 0.6) is 5.75 Å². The fraction of sp³-hybridized carbons (Fsp3) is 0.429. The Morgan fingerprint density at radius 2 is 1.91 bits per heavy atom. The first-order valence-corrected chi connectivity index (χ1v) is 10.6. The van der Waals surface area contributed by atoms with Crippen molar-refractivity contribution in [1.29, 1.82) is 0 Å². The molecule has 0 aromatic heterocycles. The van der Waals surface area contributed by atoms with E-state index in [2.05, 4.69) is 21.2 Å². The Bertz CT molecular complexity index is 1050. The number of ether oxygens (including phenoxy) is 2. The number of alkyl halides is 1. The van der Waals surface area contributed by atoms with Crippen molar-refractivity contribution in [3.05, 3.63) is 40.9 Å². The number of fused-ring (bicyclic) bond motifs is 1. The second kappa shape index (κ2) is 9.49. The molecule has 1 unspecified atom stereocenters. The zero-order valence-electron chi connectivity index (χ0n) is 17.3. The summed E-state index contributed by atoms with van der Waals surface area (Å²) in [5, 5.41) is 53.3.